The zero-order chi connectivity index (χ0) is 27.0. The molecule has 4 aromatic rings. The van der Waals surface area contributed by atoms with E-state index in [1.54, 1.807) is 21.3 Å². The molecule has 0 bridgehead atoms. The minimum absolute atomic E-state index is 0.688. The normalized spacial score (nSPS) is 11.0. The summed E-state index contributed by atoms with van der Waals surface area (Å²) in [5.74, 6) is 2.88. The number of methoxy groups -OCH3 is 3. The van der Waals surface area contributed by atoms with Crippen molar-refractivity contribution in [3.05, 3.63) is 94.2 Å². The topological polar surface area (TPSA) is 139 Å². The number of rotatable bonds is 7. The maximum Gasteiger partial charge on any atom is 0.364 e. The summed E-state index contributed by atoms with van der Waals surface area (Å²) in [5.41, 5.74) is 1.07. The van der Waals surface area contributed by atoms with Gasteiger partial charge in [0.25, 0.3) is 5.69 Å². The van der Waals surface area contributed by atoms with E-state index in [2.05, 4.69) is 0 Å². The van der Waals surface area contributed by atoms with Crippen LogP contribution < -0.4 is 14.2 Å². The zero-order valence-electron chi connectivity index (χ0n) is 20.1. The number of nitrogens with zero attached hydrogens (tertiary/aromatic N) is 1. The van der Waals surface area contributed by atoms with E-state index < -0.39 is 25.6 Å². The van der Waals surface area contributed by atoms with E-state index in [4.69, 9.17) is 18.6 Å². The molecule has 3 aromatic carbocycles. The molecule has 0 amide bonds. The van der Waals surface area contributed by atoms with Crippen molar-refractivity contribution in [3.8, 4) is 17.2 Å². The van der Waals surface area contributed by atoms with Gasteiger partial charge in [0.15, 0.2) is 11.5 Å². The number of nitro groups is 1. The Morgan fingerprint density at radius 2 is 1.46 bits per heavy atom. The van der Waals surface area contributed by atoms with Gasteiger partial charge in [0, 0.05) is 18.2 Å². The van der Waals surface area contributed by atoms with Crippen molar-refractivity contribution in [1.82, 2.24) is 0 Å². The second kappa shape index (κ2) is 12.0. The highest BCUT2D eigenvalue weighted by molar-refractivity contribution is 7.85. The first kappa shape index (κ1) is 27.1. The van der Waals surface area contributed by atoms with Crippen molar-refractivity contribution in [2.75, 3.05) is 21.3 Å². The molecular formula is C26H23NO9S. The summed E-state index contributed by atoms with van der Waals surface area (Å²) in [6.07, 6.45) is 3.85. The second-order valence-electron chi connectivity index (χ2n) is 7.34. The maximum absolute atomic E-state index is 10.5. The van der Waals surface area contributed by atoms with Crippen LogP contribution in [0.25, 0.3) is 23.1 Å². The second-order valence-corrected chi connectivity index (χ2v) is 8.69. The highest BCUT2D eigenvalue weighted by atomic mass is 32.2. The van der Waals surface area contributed by atoms with Crippen LogP contribution in [0.3, 0.4) is 0 Å². The minimum atomic E-state index is -4.77. The number of para-hydroxylation sites is 2. The monoisotopic (exact) mass is 525 g/mol. The molecule has 0 aliphatic heterocycles. The molecular weight excluding hydrogens is 502 g/mol. The molecule has 11 heteroatoms. The van der Waals surface area contributed by atoms with Gasteiger partial charge in [-0.3, -0.25) is 10.1 Å². The zero-order valence-corrected chi connectivity index (χ0v) is 20.9. The molecule has 0 fully saturated rings. The van der Waals surface area contributed by atoms with Crippen LogP contribution in [0.4, 0.5) is 5.69 Å². The third kappa shape index (κ3) is 6.81. The van der Waals surface area contributed by atoms with Crippen LogP contribution in [0.1, 0.15) is 11.3 Å². The van der Waals surface area contributed by atoms with E-state index in [-0.39, 0.29) is 0 Å². The van der Waals surface area contributed by atoms with E-state index in [9.17, 15) is 23.1 Å². The van der Waals surface area contributed by atoms with Crippen molar-refractivity contribution in [2.45, 2.75) is 4.90 Å². The first-order valence-corrected chi connectivity index (χ1v) is 12.1. The average Bonchev–Trinajstić information content (AvgIpc) is 2.91. The lowest BCUT2D eigenvalue weighted by atomic mass is 10.1. The van der Waals surface area contributed by atoms with Gasteiger partial charge in [-0.2, -0.15) is 0 Å². The predicted molar refractivity (Wildman–Crippen MR) is 137 cm³/mol. The van der Waals surface area contributed by atoms with Gasteiger partial charge in [-0.05, 0) is 35.9 Å². The Hall–Kier alpha value is -4.48. The third-order valence-corrected chi connectivity index (χ3v) is 5.94. The van der Waals surface area contributed by atoms with Crippen LogP contribution in [-0.4, -0.2) is 39.2 Å². The lowest BCUT2D eigenvalue weighted by molar-refractivity contribution is -0.387. The summed E-state index contributed by atoms with van der Waals surface area (Å²) in [5, 5.41) is 11.2. The fourth-order valence-electron chi connectivity index (χ4n) is 3.33. The van der Waals surface area contributed by atoms with Crippen molar-refractivity contribution in [3.63, 3.8) is 0 Å². The van der Waals surface area contributed by atoms with Gasteiger partial charge in [-0.1, -0.05) is 30.3 Å². The predicted octanol–water partition coefficient (Wildman–Crippen LogP) is 5.41. The van der Waals surface area contributed by atoms with Gasteiger partial charge in [-0.15, -0.1) is 0 Å². The fraction of sp³-hybridized carbons (Fsp3) is 0.115. The summed E-state index contributed by atoms with van der Waals surface area (Å²) in [7, 11) is 0.125. The molecule has 0 aliphatic carbocycles. The van der Waals surface area contributed by atoms with Gasteiger partial charge in [0.05, 0.1) is 32.3 Å². The Labute approximate surface area is 213 Å². The highest BCUT2D eigenvalue weighted by Crippen LogP contribution is 2.30. The number of hydrogen-bond acceptors (Lipinski definition) is 8. The molecule has 0 saturated heterocycles. The van der Waals surface area contributed by atoms with E-state index in [0.717, 1.165) is 34.4 Å². The SMILES string of the molecule is COc1ccc(C=Cc2cc(OC)c3ccccc3[o+]2)cc1OC.O=[N+]([O-])c1ccccc1S(=O)(=O)[O-]. The molecule has 0 saturated carbocycles. The van der Waals surface area contributed by atoms with Crippen LogP contribution >= 0.6 is 0 Å². The number of benzene rings is 3. The van der Waals surface area contributed by atoms with Crippen LogP contribution in [0.2, 0.25) is 0 Å². The molecule has 1 heterocycles. The Kier molecular flexibility index (Phi) is 8.77. The lowest BCUT2D eigenvalue weighted by Gasteiger charge is -2.07. The van der Waals surface area contributed by atoms with E-state index in [0.29, 0.717) is 17.3 Å². The van der Waals surface area contributed by atoms with Crippen LogP contribution in [0, 0.1) is 10.1 Å². The molecule has 4 rings (SSSR count). The van der Waals surface area contributed by atoms with Crippen molar-refractivity contribution < 1.29 is 36.5 Å². The third-order valence-electron chi connectivity index (χ3n) is 5.05. The largest absolute Gasteiger partial charge is 0.744 e. The Balaban J connectivity index is 0.000000248. The number of fused-ring (bicyclic) bond motifs is 1. The summed E-state index contributed by atoms with van der Waals surface area (Å²) < 4.78 is 53.4. The first-order chi connectivity index (χ1) is 17.7. The standard InChI is InChI=1S/C20H19O4.C6H5NO5S/c1-21-18-11-9-14(12-20(18)23-3)8-10-15-13-19(22-2)16-6-4-5-7-17(16)24-15;8-7(9)5-3-1-2-4-6(5)13(10,11)12/h4-13H,1-3H3;1-4H,(H,10,11,12)/q+1;/p-1. The quantitative estimate of drug-likeness (QED) is 0.134. The molecule has 0 unspecified atom stereocenters. The number of hydrogen-bond donors (Lipinski definition) is 0. The van der Waals surface area contributed by atoms with Crippen molar-refractivity contribution >= 4 is 38.9 Å². The molecule has 0 aliphatic rings. The fourth-order valence-corrected chi connectivity index (χ4v) is 3.97. The van der Waals surface area contributed by atoms with E-state index in [1.807, 2.05) is 60.7 Å². The summed E-state index contributed by atoms with van der Waals surface area (Å²) in [6, 6.07) is 19.8. The highest BCUT2D eigenvalue weighted by Gasteiger charge is 2.17. The smallest absolute Gasteiger partial charge is 0.364 e. The molecule has 0 N–H and O–H groups in total. The molecule has 192 valence electrons. The summed E-state index contributed by atoms with van der Waals surface area (Å²) in [4.78, 5) is 8.55. The first-order valence-electron chi connectivity index (χ1n) is 10.7. The summed E-state index contributed by atoms with van der Waals surface area (Å²) >= 11 is 0. The van der Waals surface area contributed by atoms with Gasteiger partial charge < -0.3 is 18.8 Å². The maximum atomic E-state index is 10.5. The van der Waals surface area contributed by atoms with Crippen LogP contribution in [0.15, 0.2) is 82.1 Å². The lowest BCUT2D eigenvalue weighted by Crippen LogP contribution is -2.02. The van der Waals surface area contributed by atoms with Gasteiger partial charge in [-0.25, -0.2) is 12.8 Å². The Morgan fingerprint density at radius 1 is 0.811 bits per heavy atom. The molecule has 0 radical (unpaired) electrons. The molecule has 10 nitrogen and oxygen atoms in total. The van der Waals surface area contributed by atoms with Crippen LogP contribution in [0.5, 0.6) is 17.2 Å². The Morgan fingerprint density at radius 3 is 2.08 bits per heavy atom. The van der Waals surface area contributed by atoms with Crippen LogP contribution in [-0.2, 0) is 10.1 Å². The van der Waals surface area contributed by atoms with Gasteiger partial charge >= 0.3 is 11.3 Å². The van der Waals surface area contributed by atoms with E-state index >= 15 is 0 Å². The van der Waals surface area contributed by atoms with Gasteiger partial charge in [0.2, 0.25) is 0 Å². The average molecular weight is 526 g/mol. The molecule has 37 heavy (non-hydrogen) atoms. The summed E-state index contributed by atoms with van der Waals surface area (Å²) in [6.45, 7) is 0. The van der Waals surface area contributed by atoms with Gasteiger partial charge in [0.1, 0.15) is 26.1 Å². The molecule has 0 spiro atoms. The molecule has 0 atom stereocenters. The minimum Gasteiger partial charge on any atom is -0.744 e. The van der Waals surface area contributed by atoms with Crippen molar-refractivity contribution in [1.29, 1.82) is 0 Å². The Bertz CT molecular complexity index is 1550. The van der Waals surface area contributed by atoms with Crippen molar-refractivity contribution in [2.24, 2.45) is 0 Å². The number of nitro benzene ring substituents is 1. The molecule has 1 aromatic heterocycles. The van der Waals surface area contributed by atoms with E-state index in [1.165, 1.54) is 12.1 Å². The number of ether oxygens (including phenoxy) is 3.